The minimum absolute atomic E-state index is 0.00683. The number of benzene rings is 1. The summed E-state index contributed by atoms with van der Waals surface area (Å²) < 4.78 is 0. The normalized spacial score (nSPS) is 14.7. The summed E-state index contributed by atoms with van der Waals surface area (Å²) in [5.41, 5.74) is 3.63. The van der Waals surface area contributed by atoms with E-state index in [1.165, 1.54) is 17.6 Å². The van der Waals surface area contributed by atoms with Crippen LogP contribution < -0.4 is 0 Å². The van der Waals surface area contributed by atoms with Gasteiger partial charge in [-0.3, -0.25) is 4.79 Å². The van der Waals surface area contributed by atoms with Crippen molar-refractivity contribution in [2.45, 2.75) is 131 Å². The quantitative estimate of drug-likeness (QED) is 0.0988. The molecular weight excluding hydrogens is 494 g/mol. The van der Waals surface area contributed by atoms with Crippen LogP contribution in [0.4, 0.5) is 0 Å². The predicted molar refractivity (Wildman–Crippen MR) is 174 cm³/mol. The lowest BCUT2D eigenvalue weighted by molar-refractivity contribution is -0.119. The zero-order chi connectivity index (χ0) is 30.6. The van der Waals surface area contributed by atoms with Crippen LogP contribution in [0.25, 0.3) is 0 Å². The molecule has 0 radical (unpaired) electrons. The molecule has 0 bridgehead atoms. The number of ketones is 1. The summed E-state index contributed by atoms with van der Waals surface area (Å²) in [4.78, 5) is 23.3. The molecule has 0 saturated heterocycles. The third kappa shape index (κ3) is 16.9. The number of carbonyl (C=O) groups excluding carboxylic acids is 1. The van der Waals surface area contributed by atoms with E-state index in [0.717, 1.165) is 62.8 Å². The van der Waals surface area contributed by atoms with E-state index in [0.29, 0.717) is 24.5 Å². The Morgan fingerprint density at radius 2 is 1.55 bits per heavy atom. The molecule has 4 nitrogen and oxygen atoms in total. The molecule has 0 aliphatic heterocycles. The maximum absolute atomic E-state index is 12.2. The predicted octanol–water partition coefficient (Wildman–Crippen LogP) is 10.2. The van der Waals surface area contributed by atoms with E-state index in [1.54, 1.807) is 0 Å². The first-order chi connectivity index (χ1) is 18.8. The van der Waals surface area contributed by atoms with Crippen LogP contribution in [0.1, 0.15) is 131 Å². The molecule has 0 heterocycles. The molecule has 1 rings (SSSR count). The highest BCUT2D eigenvalue weighted by Gasteiger charge is 2.27. The molecule has 40 heavy (non-hydrogen) atoms. The van der Waals surface area contributed by atoms with Crippen molar-refractivity contribution >= 4 is 5.78 Å². The number of aliphatic hydroxyl groups excluding tert-OH is 1. The molecule has 0 aliphatic carbocycles. The van der Waals surface area contributed by atoms with Gasteiger partial charge < -0.3 is 5.11 Å². The van der Waals surface area contributed by atoms with E-state index in [-0.39, 0.29) is 24.0 Å². The van der Waals surface area contributed by atoms with Gasteiger partial charge in [-0.2, -0.15) is 4.91 Å². The van der Waals surface area contributed by atoms with Gasteiger partial charge in [0.15, 0.2) is 0 Å². The Bertz CT molecular complexity index is 865. The molecule has 1 aromatic carbocycles. The Morgan fingerprint density at radius 1 is 0.975 bits per heavy atom. The van der Waals surface area contributed by atoms with Crippen molar-refractivity contribution in [3.05, 3.63) is 64.6 Å². The molecule has 0 spiro atoms. The van der Waals surface area contributed by atoms with Crippen molar-refractivity contribution in [1.82, 2.24) is 0 Å². The number of allylic oxidation sites excluding steroid dienone is 3. The van der Waals surface area contributed by atoms with Crippen molar-refractivity contribution in [3.63, 3.8) is 0 Å². The van der Waals surface area contributed by atoms with Gasteiger partial charge in [0.25, 0.3) is 0 Å². The summed E-state index contributed by atoms with van der Waals surface area (Å²) in [5, 5.41) is 12.7. The van der Waals surface area contributed by atoms with Crippen molar-refractivity contribution in [3.8, 4) is 0 Å². The average Bonchev–Trinajstić information content (AvgIpc) is 2.89. The number of carbonyl (C=O) groups is 1. The highest BCUT2D eigenvalue weighted by atomic mass is 16.3. The number of nitrogens with zero attached hydrogens (tertiary/aromatic N) is 1. The molecule has 1 N–H and O–H groups in total. The van der Waals surface area contributed by atoms with Gasteiger partial charge in [-0.15, -0.1) is 0 Å². The van der Waals surface area contributed by atoms with Crippen LogP contribution >= 0.6 is 0 Å². The molecule has 228 valence electrons. The zero-order valence-corrected chi connectivity index (χ0v) is 27.2. The van der Waals surface area contributed by atoms with Gasteiger partial charge in [0.1, 0.15) is 5.78 Å². The Hall–Kier alpha value is -2.07. The lowest BCUT2D eigenvalue weighted by Crippen LogP contribution is -2.25. The van der Waals surface area contributed by atoms with E-state index in [1.807, 2.05) is 6.08 Å². The van der Waals surface area contributed by atoms with Crippen molar-refractivity contribution in [2.75, 3.05) is 13.2 Å². The molecule has 0 saturated carbocycles. The molecular formula is C36H61NO3. The van der Waals surface area contributed by atoms with E-state index in [9.17, 15) is 14.8 Å². The Kier molecular flexibility index (Phi) is 19.7. The van der Waals surface area contributed by atoms with Crippen LogP contribution in [0.3, 0.4) is 0 Å². The second-order valence-electron chi connectivity index (χ2n) is 13.3. The maximum atomic E-state index is 12.2. The van der Waals surface area contributed by atoms with Crippen LogP contribution in [-0.2, 0) is 16.6 Å². The van der Waals surface area contributed by atoms with Crippen LogP contribution in [-0.4, -0.2) is 24.0 Å². The largest absolute Gasteiger partial charge is 0.396 e. The number of Topliss-reactive ketones (excluding diaryl/α,β-unsaturated/α-hetero) is 1. The number of unbranched alkanes of at least 4 members (excludes halogenated alkanes) is 2. The number of hydrogen-bond donors (Lipinski definition) is 1. The molecule has 2 atom stereocenters. The summed E-state index contributed by atoms with van der Waals surface area (Å²) in [6, 6.07) is 8.62. The van der Waals surface area contributed by atoms with Crippen LogP contribution in [0.2, 0.25) is 0 Å². The fraction of sp³-hybridized carbons (Fsp3) is 0.694. The van der Waals surface area contributed by atoms with Crippen molar-refractivity contribution < 1.29 is 9.90 Å². The van der Waals surface area contributed by atoms with Gasteiger partial charge in [0, 0.05) is 24.9 Å². The van der Waals surface area contributed by atoms with E-state index in [4.69, 9.17) is 0 Å². The third-order valence-electron chi connectivity index (χ3n) is 8.00. The van der Waals surface area contributed by atoms with Gasteiger partial charge in [0.2, 0.25) is 0 Å². The van der Waals surface area contributed by atoms with Crippen LogP contribution in [0.5, 0.6) is 0 Å². The second-order valence-corrected chi connectivity index (χ2v) is 13.3. The number of aliphatic hydroxyl groups is 1. The molecule has 0 aliphatic rings. The van der Waals surface area contributed by atoms with Gasteiger partial charge in [-0.05, 0) is 80.2 Å². The average molecular weight is 556 g/mol. The first kappa shape index (κ1) is 37.9. The molecule has 0 amide bonds. The minimum Gasteiger partial charge on any atom is -0.396 e. The van der Waals surface area contributed by atoms with E-state index in [2.05, 4.69) is 97.5 Å². The molecule has 0 fully saturated rings. The van der Waals surface area contributed by atoms with Crippen molar-refractivity contribution in [2.24, 2.45) is 22.4 Å². The third-order valence-corrected chi connectivity index (χ3v) is 8.00. The first-order valence-electron chi connectivity index (χ1n) is 15.6. The summed E-state index contributed by atoms with van der Waals surface area (Å²) in [5.74, 6) is 1.72. The fourth-order valence-electron chi connectivity index (χ4n) is 5.09. The maximum Gasteiger partial charge on any atom is 0.132 e. The van der Waals surface area contributed by atoms with Gasteiger partial charge in [-0.25, -0.2) is 0 Å². The molecule has 0 aromatic heterocycles. The Morgan fingerprint density at radius 3 is 2.00 bits per heavy atom. The lowest BCUT2D eigenvalue weighted by atomic mass is 9.77. The van der Waals surface area contributed by atoms with Crippen LogP contribution in [0.15, 0.2) is 53.7 Å². The van der Waals surface area contributed by atoms with E-state index < -0.39 is 0 Å². The van der Waals surface area contributed by atoms with Gasteiger partial charge in [-0.1, -0.05) is 115 Å². The fourth-order valence-corrected chi connectivity index (χ4v) is 5.09. The summed E-state index contributed by atoms with van der Waals surface area (Å²) in [6.45, 7) is 21.5. The van der Waals surface area contributed by atoms with Gasteiger partial charge in [0.05, 0.1) is 6.54 Å². The summed E-state index contributed by atoms with van der Waals surface area (Å²) in [6.07, 6.45) is 13.9. The smallest absolute Gasteiger partial charge is 0.132 e. The SMILES string of the molecule is C=C/C=C(\C)CC(C)C.CCC(C)(CO)CCCCC(=O)CCCCC(C)(CN=O)c1ccc(CC(C)C)cc1. The molecule has 4 heteroatoms. The van der Waals surface area contributed by atoms with Crippen molar-refractivity contribution in [1.29, 1.82) is 0 Å². The second kappa shape index (κ2) is 20.8. The van der Waals surface area contributed by atoms with Crippen LogP contribution in [0, 0.1) is 22.2 Å². The summed E-state index contributed by atoms with van der Waals surface area (Å²) >= 11 is 0. The lowest BCUT2D eigenvalue weighted by Gasteiger charge is -2.27. The van der Waals surface area contributed by atoms with E-state index >= 15 is 0 Å². The minimum atomic E-state index is -0.268. The zero-order valence-electron chi connectivity index (χ0n) is 27.2. The molecule has 2 unspecified atom stereocenters. The Labute approximate surface area is 247 Å². The topological polar surface area (TPSA) is 66.7 Å². The highest BCUT2D eigenvalue weighted by Crippen LogP contribution is 2.31. The number of nitroso groups, excluding NO2 is 1. The number of rotatable bonds is 20. The Balaban J connectivity index is 0.00000144. The molecule has 1 aromatic rings. The summed E-state index contributed by atoms with van der Waals surface area (Å²) in [7, 11) is 0. The van der Waals surface area contributed by atoms with Gasteiger partial charge >= 0.3 is 0 Å². The monoisotopic (exact) mass is 555 g/mol. The standard InChI is InChI=1S/C27H45NO3.C9H16/c1-6-26(4,21-29)17-9-7-11-25(30)12-8-10-18-27(5,20-28-31)24-15-13-23(14-16-24)19-22(2)3;1-5-6-9(4)7-8(2)3/h13-16,22,29H,6-12,17-21H2,1-5H3;5-6,8H,1,7H2,2-4H3/b;9-6+. The highest BCUT2D eigenvalue weighted by molar-refractivity contribution is 5.78. The number of hydrogen-bond acceptors (Lipinski definition) is 4. The first-order valence-corrected chi connectivity index (χ1v) is 15.6.